The van der Waals surface area contributed by atoms with Crippen LogP contribution in [0.3, 0.4) is 0 Å². The largest absolute Gasteiger partial charge is 0.392 e. The molecule has 1 N–H and O–H groups in total. The zero-order valence-electron chi connectivity index (χ0n) is 12.6. The third kappa shape index (κ3) is 3.26. The average Bonchev–Trinajstić information content (AvgIpc) is 2.43. The number of halogens is 1. The number of piperidine rings is 1. The predicted octanol–water partition coefficient (Wildman–Crippen LogP) is 2.81. The van der Waals surface area contributed by atoms with E-state index in [0.29, 0.717) is 41.1 Å². The van der Waals surface area contributed by atoms with Crippen molar-refractivity contribution in [2.24, 2.45) is 11.8 Å². The van der Waals surface area contributed by atoms with Crippen molar-refractivity contribution >= 4 is 21.6 Å². The number of rotatable bonds is 3. The van der Waals surface area contributed by atoms with Crippen molar-refractivity contribution in [3.05, 3.63) is 28.3 Å². The van der Waals surface area contributed by atoms with Crippen molar-refractivity contribution in [2.75, 3.05) is 13.1 Å². The van der Waals surface area contributed by atoms with E-state index in [9.17, 15) is 13.5 Å². The SMILES string of the molecule is Cc1c(CO)cc(Cl)cc1S(=O)(=O)N1CCC(C)C(C)C1. The fraction of sp³-hybridized carbons (Fsp3) is 0.600. The lowest BCUT2D eigenvalue weighted by atomic mass is 9.90. The van der Waals surface area contributed by atoms with Crippen LogP contribution in [0.1, 0.15) is 31.4 Å². The van der Waals surface area contributed by atoms with Crippen molar-refractivity contribution in [2.45, 2.75) is 38.7 Å². The van der Waals surface area contributed by atoms with Gasteiger partial charge in [-0.15, -0.1) is 0 Å². The Morgan fingerprint density at radius 3 is 2.57 bits per heavy atom. The van der Waals surface area contributed by atoms with Crippen molar-refractivity contribution in [1.82, 2.24) is 4.31 Å². The summed E-state index contributed by atoms with van der Waals surface area (Å²) in [6, 6.07) is 3.09. The molecule has 2 rings (SSSR count). The van der Waals surface area contributed by atoms with Gasteiger partial charge >= 0.3 is 0 Å². The van der Waals surface area contributed by atoms with Crippen molar-refractivity contribution in [3.63, 3.8) is 0 Å². The molecule has 0 amide bonds. The maximum absolute atomic E-state index is 12.9. The number of nitrogens with zero attached hydrogens (tertiary/aromatic N) is 1. The van der Waals surface area contributed by atoms with Crippen LogP contribution in [0, 0.1) is 18.8 Å². The van der Waals surface area contributed by atoms with Gasteiger partial charge in [0.05, 0.1) is 11.5 Å². The number of hydrogen-bond acceptors (Lipinski definition) is 3. The molecule has 1 aromatic carbocycles. The Morgan fingerprint density at radius 2 is 2.00 bits per heavy atom. The van der Waals surface area contributed by atoms with Gasteiger partial charge in [-0.25, -0.2) is 8.42 Å². The predicted molar refractivity (Wildman–Crippen MR) is 83.8 cm³/mol. The van der Waals surface area contributed by atoms with Gasteiger partial charge in [0.15, 0.2) is 0 Å². The Kier molecular flexibility index (Phi) is 4.98. The van der Waals surface area contributed by atoms with Crippen LogP contribution in [0.5, 0.6) is 0 Å². The first-order valence-electron chi connectivity index (χ1n) is 7.17. The first-order chi connectivity index (χ1) is 9.77. The summed E-state index contributed by atoms with van der Waals surface area (Å²) in [5.41, 5.74) is 1.13. The van der Waals surface area contributed by atoms with Gasteiger partial charge in [-0.3, -0.25) is 0 Å². The first-order valence-corrected chi connectivity index (χ1v) is 8.99. The minimum absolute atomic E-state index is 0.209. The van der Waals surface area contributed by atoms with Gasteiger partial charge in [-0.1, -0.05) is 25.4 Å². The molecular weight excluding hydrogens is 310 g/mol. The van der Waals surface area contributed by atoms with Gasteiger partial charge in [0.25, 0.3) is 0 Å². The molecule has 6 heteroatoms. The van der Waals surface area contributed by atoms with Gasteiger partial charge in [-0.2, -0.15) is 4.31 Å². The Labute approximate surface area is 131 Å². The highest BCUT2D eigenvalue weighted by molar-refractivity contribution is 7.89. The van der Waals surface area contributed by atoms with Crippen molar-refractivity contribution in [1.29, 1.82) is 0 Å². The van der Waals surface area contributed by atoms with Gasteiger partial charge < -0.3 is 5.11 Å². The van der Waals surface area contributed by atoms with Crippen LogP contribution in [0.25, 0.3) is 0 Å². The highest BCUT2D eigenvalue weighted by Crippen LogP contribution is 2.31. The summed E-state index contributed by atoms with van der Waals surface area (Å²) in [7, 11) is -3.57. The molecule has 1 heterocycles. The van der Waals surface area contributed by atoms with E-state index in [1.54, 1.807) is 13.0 Å². The Hall–Kier alpha value is -0.620. The molecule has 21 heavy (non-hydrogen) atoms. The van der Waals surface area contributed by atoms with Gasteiger partial charge in [0.2, 0.25) is 10.0 Å². The number of aliphatic hydroxyl groups excluding tert-OH is 1. The van der Waals surface area contributed by atoms with E-state index in [2.05, 4.69) is 13.8 Å². The first kappa shape index (κ1) is 16.7. The van der Waals surface area contributed by atoms with Crippen LogP contribution in [-0.4, -0.2) is 30.9 Å². The molecule has 0 aliphatic carbocycles. The van der Waals surface area contributed by atoms with Crippen LogP contribution < -0.4 is 0 Å². The molecular formula is C15H22ClNO3S. The topological polar surface area (TPSA) is 57.6 Å². The summed E-state index contributed by atoms with van der Waals surface area (Å²) < 4.78 is 27.3. The highest BCUT2D eigenvalue weighted by Gasteiger charge is 2.33. The second kappa shape index (κ2) is 6.24. The number of benzene rings is 1. The molecule has 1 aliphatic rings. The fourth-order valence-electron chi connectivity index (χ4n) is 2.72. The third-order valence-corrected chi connectivity index (χ3v) is 6.73. The quantitative estimate of drug-likeness (QED) is 0.926. The molecule has 0 saturated carbocycles. The van der Waals surface area contributed by atoms with E-state index in [0.717, 1.165) is 6.42 Å². The Bertz CT molecular complexity index is 630. The van der Waals surface area contributed by atoms with Crippen molar-refractivity contribution < 1.29 is 13.5 Å². The molecule has 1 saturated heterocycles. The van der Waals surface area contributed by atoms with Crippen LogP contribution >= 0.6 is 11.6 Å². The fourth-order valence-corrected chi connectivity index (χ4v) is 4.88. The van der Waals surface area contributed by atoms with Crippen molar-refractivity contribution in [3.8, 4) is 0 Å². The van der Waals surface area contributed by atoms with E-state index < -0.39 is 10.0 Å². The van der Waals surface area contributed by atoms with E-state index in [1.165, 1.54) is 10.4 Å². The average molecular weight is 332 g/mol. The Morgan fingerprint density at radius 1 is 1.33 bits per heavy atom. The maximum atomic E-state index is 12.9. The molecule has 2 atom stereocenters. The zero-order chi connectivity index (χ0) is 15.8. The number of hydrogen-bond donors (Lipinski definition) is 1. The van der Waals surface area contributed by atoms with Gasteiger partial charge in [-0.05, 0) is 48.4 Å². The summed E-state index contributed by atoms with van der Waals surface area (Å²) in [6.45, 7) is 6.80. The molecule has 118 valence electrons. The van der Waals surface area contributed by atoms with Crippen LogP contribution in [0.2, 0.25) is 5.02 Å². The van der Waals surface area contributed by atoms with Crippen LogP contribution in [-0.2, 0) is 16.6 Å². The standard InChI is InChI=1S/C15H22ClNO3S/c1-10-4-5-17(8-11(10)2)21(19,20)15-7-14(16)6-13(9-18)12(15)3/h6-7,10-11,18H,4-5,8-9H2,1-3H3. The van der Waals surface area contributed by atoms with E-state index >= 15 is 0 Å². The third-order valence-electron chi connectivity index (χ3n) is 4.52. The molecule has 4 nitrogen and oxygen atoms in total. The number of sulfonamides is 1. The summed E-state index contributed by atoms with van der Waals surface area (Å²) in [5.74, 6) is 0.871. The number of aliphatic hydroxyl groups is 1. The highest BCUT2D eigenvalue weighted by atomic mass is 35.5. The second-order valence-electron chi connectivity index (χ2n) is 5.95. The minimum atomic E-state index is -3.57. The normalized spacial score (nSPS) is 24.2. The minimum Gasteiger partial charge on any atom is -0.392 e. The van der Waals surface area contributed by atoms with E-state index in [1.807, 2.05) is 0 Å². The molecule has 0 spiro atoms. The molecule has 0 aromatic heterocycles. The molecule has 1 aliphatic heterocycles. The molecule has 1 aromatic rings. The summed E-state index contributed by atoms with van der Waals surface area (Å²) in [6.07, 6.45) is 0.868. The Balaban J connectivity index is 2.43. The molecule has 0 bridgehead atoms. The lowest BCUT2D eigenvalue weighted by molar-refractivity contribution is 0.212. The monoisotopic (exact) mass is 331 g/mol. The second-order valence-corrected chi connectivity index (χ2v) is 8.30. The van der Waals surface area contributed by atoms with E-state index in [-0.39, 0.29) is 11.5 Å². The van der Waals surface area contributed by atoms with Crippen LogP contribution in [0.15, 0.2) is 17.0 Å². The summed E-state index contributed by atoms with van der Waals surface area (Å²) >= 11 is 6.00. The molecule has 0 radical (unpaired) electrons. The molecule has 2 unspecified atom stereocenters. The van der Waals surface area contributed by atoms with E-state index in [4.69, 9.17) is 11.6 Å². The molecule has 1 fully saturated rings. The lowest BCUT2D eigenvalue weighted by Gasteiger charge is -2.34. The maximum Gasteiger partial charge on any atom is 0.243 e. The zero-order valence-corrected chi connectivity index (χ0v) is 14.2. The lowest BCUT2D eigenvalue weighted by Crippen LogP contribution is -2.42. The summed E-state index contributed by atoms with van der Waals surface area (Å²) in [4.78, 5) is 0.209. The van der Waals surface area contributed by atoms with Gasteiger partial charge in [0, 0.05) is 18.1 Å². The summed E-state index contributed by atoms with van der Waals surface area (Å²) in [5, 5.41) is 9.69. The smallest absolute Gasteiger partial charge is 0.243 e. The van der Waals surface area contributed by atoms with Crippen LogP contribution in [0.4, 0.5) is 0 Å². The van der Waals surface area contributed by atoms with Gasteiger partial charge in [0.1, 0.15) is 0 Å².